The molecular weight excluding hydrogens is 257 g/mol. The van der Waals surface area contributed by atoms with Gasteiger partial charge in [-0.2, -0.15) is 0 Å². The van der Waals surface area contributed by atoms with Crippen LogP contribution in [0.5, 0.6) is 0 Å². The van der Waals surface area contributed by atoms with Crippen molar-refractivity contribution in [1.29, 1.82) is 0 Å². The van der Waals surface area contributed by atoms with Crippen LogP contribution in [0.3, 0.4) is 0 Å². The first kappa shape index (κ1) is 13.1. The summed E-state index contributed by atoms with van der Waals surface area (Å²) in [6.07, 6.45) is 2.40. The zero-order valence-corrected chi connectivity index (χ0v) is 11.5. The smallest absolute Gasteiger partial charge is 0.152 e. The van der Waals surface area contributed by atoms with Crippen molar-refractivity contribution in [2.45, 2.75) is 32.5 Å². The third-order valence-corrected chi connectivity index (χ3v) is 3.55. The van der Waals surface area contributed by atoms with E-state index >= 15 is 0 Å². The maximum absolute atomic E-state index is 14.3. The largest absolute Gasteiger partial charge is 0.360 e. The molecule has 0 saturated carbocycles. The van der Waals surface area contributed by atoms with Gasteiger partial charge in [0.1, 0.15) is 12.1 Å². The van der Waals surface area contributed by atoms with Crippen LogP contribution in [-0.4, -0.2) is 27.4 Å². The van der Waals surface area contributed by atoms with E-state index in [9.17, 15) is 4.39 Å². The molecule has 0 fully saturated rings. The van der Waals surface area contributed by atoms with Gasteiger partial charge in [-0.1, -0.05) is 6.07 Å². The number of nitrogens with two attached hydrogens (primary N) is 1. The molecule has 1 aliphatic heterocycles. The normalized spacial score (nSPS) is 16.1. The lowest BCUT2D eigenvalue weighted by atomic mass is 10.1. The van der Waals surface area contributed by atoms with Crippen molar-refractivity contribution in [3.8, 4) is 0 Å². The maximum Gasteiger partial charge on any atom is 0.152 e. The van der Waals surface area contributed by atoms with E-state index < -0.39 is 0 Å². The third kappa shape index (κ3) is 2.51. The van der Waals surface area contributed by atoms with Gasteiger partial charge < -0.3 is 15.2 Å². The van der Waals surface area contributed by atoms with E-state index in [-0.39, 0.29) is 11.9 Å². The molecule has 20 heavy (non-hydrogen) atoms. The lowest BCUT2D eigenvalue weighted by Gasteiger charge is -2.29. The summed E-state index contributed by atoms with van der Waals surface area (Å²) in [6, 6.07) is 5.40. The second-order valence-electron chi connectivity index (χ2n) is 5.33. The first-order valence-corrected chi connectivity index (χ1v) is 6.79. The average molecular weight is 275 g/mol. The lowest BCUT2D eigenvalue weighted by molar-refractivity contribution is 0.543. The van der Waals surface area contributed by atoms with Crippen LogP contribution in [0.25, 0.3) is 0 Å². The average Bonchev–Trinajstić information content (AvgIpc) is 2.85. The quantitative estimate of drug-likeness (QED) is 0.918. The van der Waals surface area contributed by atoms with E-state index in [0.717, 1.165) is 24.5 Å². The van der Waals surface area contributed by atoms with Gasteiger partial charge in [0, 0.05) is 19.1 Å². The standard InChI is InChI=1S/C14H18FN5/c1-10(16)6-11-2-3-13(12(15)7-11)19-4-5-20-9-17-18-14(20)8-19/h2-3,7,9-10H,4-6,8,16H2,1H3. The fourth-order valence-corrected chi connectivity index (χ4v) is 2.58. The molecule has 0 radical (unpaired) electrons. The number of hydrogen-bond acceptors (Lipinski definition) is 4. The molecule has 2 N–H and O–H groups in total. The summed E-state index contributed by atoms with van der Waals surface area (Å²) in [5.74, 6) is 0.673. The van der Waals surface area contributed by atoms with Crippen molar-refractivity contribution in [1.82, 2.24) is 14.8 Å². The highest BCUT2D eigenvalue weighted by atomic mass is 19.1. The summed E-state index contributed by atoms with van der Waals surface area (Å²) in [4.78, 5) is 2.00. The van der Waals surface area contributed by atoms with Gasteiger partial charge in [0.2, 0.25) is 0 Å². The molecule has 0 saturated heterocycles. The van der Waals surface area contributed by atoms with E-state index in [1.807, 2.05) is 28.5 Å². The van der Waals surface area contributed by atoms with Crippen molar-refractivity contribution in [3.05, 3.63) is 41.7 Å². The van der Waals surface area contributed by atoms with Crippen LogP contribution in [0.1, 0.15) is 18.3 Å². The summed E-state index contributed by atoms with van der Waals surface area (Å²) in [6.45, 7) is 4.05. The number of benzene rings is 1. The second-order valence-corrected chi connectivity index (χ2v) is 5.33. The highest BCUT2D eigenvalue weighted by molar-refractivity contribution is 5.49. The van der Waals surface area contributed by atoms with Crippen LogP contribution in [0, 0.1) is 5.82 Å². The van der Waals surface area contributed by atoms with Gasteiger partial charge in [-0.3, -0.25) is 0 Å². The molecule has 1 unspecified atom stereocenters. The Morgan fingerprint density at radius 1 is 1.40 bits per heavy atom. The van der Waals surface area contributed by atoms with Gasteiger partial charge in [0.15, 0.2) is 5.82 Å². The highest BCUT2D eigenvalue weighted by Gasteiger charge is 2.20. The van der Waals surface area contributed by atoms with Crippen LogP contribution < -0.4 is 10.6 Å². The molecule has 2 aromatic rings. The van der Waals surface area contributed by atoms with E-state index in [2.05, 4.69) is 10.2 Å². The van der Waals surface area contributed by atoms with Gasteiger partial charge in [-0.25, -0.2) is 4.39 Å². The molecule has 5 nitrogen and oxygen atoms in total. The molecule has 1 aromatic carbocycles. The summed E-state index contributed by atoms with van der Waals surface area (Å²) < 4.78 is 16.3. The molecule has 0 spiro atoms. The Hall–Kier alpha value is -1.95. The minimum atomic E-state index is -0.198. The van der Waals surface area contributed by atoms with Crippen molar-refractivity contribution in [2.24, 2.45) is 5.73 Å². The number of rotatable bonds is 3. The van der Waals surface area contributed by atoms with Crippen LogP contribution in [-0.2, 0) is 19.5 Å². The number of fused-ring (bicyclic) bond motifs is 1. The Balaban J connectivity index is 1.81. The van der Waals surface area contributed by atoms with Crippen LogP contribution in [0.15, 0.2) is 24.5 Å². The fraction of sp³-hybridized carbons (Fsp3) is 0.429. The Bertz CT molecular complexity index is 607. The number of nitrogens with zero attached hydrogens (tertiary/aromatic N) is 4. The van der Waals surface area contributed by atoms with Crippen LogP contribution >= 0.6 is 0 Å². The highest BCUT2D eigenvalue weighted by Crippen LogP contribution is 2.24. The predicted octanol–water partition coefficient (Wildman–Crippen LogP) is 1.33. The topological polar surface area (TPSA) is 60.0 Å². The van der Waals surface area contributed by atoms with Gasteiger partial charge in [0.05, 0.1) is 12.2 Å². The minimum absolute atomic E-state index is 0.0359. The Labute approximate surface area is 117 Å². The third-order valence-electron chi connectivity index (χ3n) is 3.55. The van der Waals surface area contributed by atoms with Crippen molar-refractivity contribution in [2.75, 3.05) is 11.4 Å². The Kier molecular flexibility index (Phi) is 3.40. The molecule has 6 heteroatoms. The van der Waals surface area contributed by atoms with E-state index in [1.165, 1.54) is 0 Å². The van der Waals surface area contributed by atoms with Crippen LogP contribution in [0.4, 0.5) is 10.1 Å². The SMILES string of the molecule is CC(N)Cc1ccc(N2CCn3cnnc3C2)c(F)c1. The van der Waals surface area contributed by atoms with E-state index in [4.69, 9.17) is 5.73 Å². The molecule has 0 amide bonds. The molecule has 1 atom stereocenters. The lowest BCUT2D eigenvalue weighted by Crippen LogP contribution is -2.34. The first-order chi connectivity index (χ1) is 9.63. The number of halogens is 1. The first-order valence-electron chi connectivity index (χ1n) is 6.79. The summed E-state index contributed by atoms with van der Waals surface area (Å²) in [5, 5.41) is 7.93. The number of anilines is 1. The molecular formula is C14H18FN5. The monoisotopic (exact) mass is 275 g/mol. The second kappa shape index (κ2) is 5.20. The molecule has 1 aliphatic rings. The molecule has 106 valence electrons. The van der Waals surface area contributed by atoms with Gasteiger partial charge >= 0.3 is 0 Å². The molecule has 0 bridgehead atoms. The Morgan fingerprint density at radius 2 is 2.25 bits per heavy atom. The van der Waals surface area contributed by atoms with E-state index in [0.29, 0.717) is 18.7 Å². The molecule has 2 heterocycles. The predicted molar refractivity (Wildman–Crippen MR) is 74.8 cm³/mol. The summed E-state index contributed by atoms with van der Waals surface area (Å²) >= 11 is 0. The zero-order valence-electron chi connectivity index (χ0n) is 11.5. The Morgan fingerprint density at radius 3 is 3.00 bits per heavy atom. The van der Waals surface area contributed by atoms with Gasteiger partial charge in [-0.05, 0) is 31.0 Å². The van der Waals surface area contributed by atoms with E-state index in [1.54, 1.807) is 12.4 Å². The number of aromatic nitrogens is 3. The summed E-state index contributed by atoms with van der Waals surface area (Å²) in [5.41, 5.74) is 7.30. The maximum atomic E-state index is 14.3. The summed E-state index contributed by atoms with van der Waals surface area (Å²) in [7, 11) is 0. The van der Waals surface area contributed by atoms with Gasteiger partial charge in [-0.15, -0.1) is 10.2 Å². The van der Waals surface area contributed by atoms with Crippen molar-refractivity contribution >= 4 is 5.69 Å². The minimum Gasteiger partial charge on any atom is -0.360 e. The van der Waals surface area contributed by atoms with Crippen LogP contribution in [0.2, 0.25) is 0 Å². The fourth-order valence-electron chi connectivity index (χ4n) is 2.58. The zero-order chi connectivity index (χ0) is 14.1. The van der Waals surface area contributed by atoms with Crippen molar-refractivity contribution in [3.63, 3.8) is 0 Å². The molecule has 1 aromatic heterocycles. The van der Waals surface area contributed by atoms with Gasteiger partial charge in [0.25, 0.3) is 0 Å². The number of hydrogen-bond donors (Lipinski definition) is 1. The van der Waals surface area contributed by atoms with Crippen molar-refractivity contribution < 1.29 is 4.39 Å². The molecule has 0 aliphatic carbocycles. The molecule has 3 rings (SSSR count).